The van der Waals surface area contributed by atoms with Gasteiger partial charge in [0.15, 0.2) is 5.96 Å². The van der Waals surface area contributed by atoms with Gasteiger partial charge in [-0.25, -0.2) is 0 Å². The lowest BCUT2D eigenvalue weighted by atomic mass is 10.1. The summed E-state index contributed by atoms with van der Waals surface area (Å²) in [7, 11) is 0. The number of rotatable bonds is 9. The Morgan fingerprint density at radius 3 is 2.63 bits per heavy atom. The molecular formula is C16H27N3. The number of hydrogen-bond acceptors (Lipinski definition) is 1. The van der Waals surface area contributed by atoms with E-state index < -0.39 is 0 Å². The van der Waals surface area contributed by atoms with Crippen molar-refractivity contribution in [3.05, 3.63) is 35.9 Å². The van der Waals surface area contributed by atoms with Crippen LogP contribution in [0.3, 0.4) is 0 Å². The molecule has 1 aromatic rings. The molecule has 0 radical (unpaired) electrons. The fourth-order valence-electron chi connectivity index (χ4n) is 1.91. The molecule has 0 heterocycles. The highest BCUT2D eigenvalue weighted by atomic mass is 15.1. The first kappa shape index (κ1) is 15.5. The maximum Gasteiger partial charge on any atom is 0.188 e. The number of unbranched alkanes of at least 4 members (excludes halogenated alkanes) is 3. The molecule has 1 aromatic carbocycles. The predicted molar refractivity (Wildman–Crippen MR) is 83.4 cm³/mol. The van der Waals surface area contributed by atoms with Crippen molar-refractivity contribution in [2.45, 2.75) is 45.4 Å². The van der Waals surface area contributed by atoms with E-state index in [0.29, 0.717) is 5.96 Å². The summed E-state index contributed by atoms with van der Waals surface area (Å²) in [6, 6.07) is 10.6. The van der Waals surface area contributed by atoms with E-state index in [4.69, 9.17) is 5.73 Å². The molecule has 106 valence electrons. The molecule has 0 aliphatic rings. The van der Waals surface area contributed by atoms with Crippen LogP contribution in [0.1, 0.15) is 44.6 Å². The Balaban J connectivity index is 2.00. The molecule has 0 fully saturated rings. The topological polar surface area (TPSA) is 50.4 Å². The first-order chi connectivity index (χ1) is 9.33. The zero-order chi connectivity index (χ0) is 13.8. The van der Waals surface area contributed by atoms with Crippen molar-refractivity contribution in [2.75, 3.05) is 13.1 Å². The maximum atomic E-state index is 5.76. The molecule has 0 unspecified atom stereocenters. The number of aryl methyl sites for hydroxylation is 1. The van der Waals surface area contributed by atoms with E-state index >= 15 is 0 Å². The first-order valence-corrected chi connectivity index (χ1v) is 7.40. The van der Waals surface area contributed by atoms with Gasteiger partial charge in [-0.15, -0.1) is 0 Å². The lowest BCUT2D eigenvalue weighted by Crippen LogP contribution is -2.32. The Kier molecular flexibility index (Phi) is 8.52. The lowest BCUT2D eigenvalue weighted by Gasteiger charge is -2.04. The predicted octanol–water partition coefficient (Wildman–Crippen LogP) is 3.10. The summed E-state index contributed by atoms with van der Waals surface area (Å²) in [6.07, 6.45) is 7.04. The van der Waals surface area contributed by atoms with Crippen molar-refractivity contribution in [3.8, 4) is 0 Å². The van der Waals surface area contributed by atoms with E-state index in [1.807, 2.05) is 0 Å². The number of nitrogens with two attached hydrogens (primary N) is 1. The van der Waals surface area contributed by atoms with E-state index in [2.05, 4.69) is 47.6 Å². The van der Waals surface area contributed by atoms with Gasteiger partial charge in [0.2, 0.25) is 0 Å². The Bertz CT molecular complexity index is 346. The highest BCUT2D eigenvalue weighted by Crippen LogP contribution is 2.06. The minimum atomic E-state index is 0.594. The summed E-state index contributed by atoms with van der Waals surface area (Å²) in [4.78, 5) is 4.32. The fourth-order valence-corrected chi connectivity index (χ4v) is 1.91. The van der Waals surface area contributed by atoms with E-state index in [-0.39, 0.29) is 0 Å². The summed E-state index contributed by atoms with van der Waals surface area (Å²) >= 11 is 0. The van der Waals surface area contributed by atoms with Crippen LogP contribution in [0.25, 0.3) is 0 Å². The Morgan fingerprint density at radius 2 is 1.89 bits per heavy atom. The second-order valence-corrected chi connectivity index (χ2v) is 4.84. The second-order valence-electron chi connectivity index (χ2n) is 4.84. The monoisotopic (exact) mass is 261 g/mol. The molecular weight excluding hydrogens is 234 g/mol. The summed E-state index contributed by atoms with van der Waals surface area (Å²) in [5.41, 5.74) is 7.18. The molecule has 0 atom stereocenters. The number of benzene rings is 1. The average Bonchev–Trinajstić information content (AvgIpc) is 2.44. The third kappa shape index (κ3) is 8.25. The smallest absolute Gasteiger partial charge is 0.188 e. The zero-order valence-electron chi connectivity index (χ0n) is 12.1. The molecule has 0 aliphatic heterocycles. The van der Waals surface area contributed by atoms with Crippen LogP contribution in [-0.4, -0.2) is 19.0 Å². The van der Waals surface area contributed by atoms with Crippen LogP contribution >= 0.6 is 0 Å². The van der Waals surface area contributed by atoms with Crippen molar-refractivity contribution >= 4 is 5.96 Å². The van der Waals surface area contributed by atoms with Gasteiger partial charge in [0, 0.05) is 13.1 Å². The number of nitrogens with one attached hydrogen (secondary N) is 1. The highest BCUT2D eigenvalue weighted by Gasteiger charge is 1.93. The largest absolute Gasteiger partial charge is 0.370 e. The Hall–Kier alpha value is -1.51. The number of hydrogen-bond donors (Lipinski definition) is 2. The molecule has 1 rings (SSSR count). The molecule has 0 aromatic heterocycles. The molecule has 0 aliphatic carbocycles. The van der Waals surface area contributed by atoms with Crippen molar-refractivity contribution < 1.29 is 0 Å². The SMILES string of the molecule is CCCCNC(N)=NCCCCCc1ccccc1. The van der Waals surface area contributed by atoms with Crippen LogP contribution in [0.5, 0.6) is 0 Å². The fraction of sp³-hybridized carbons (Fsp3) is 0.562. The lowest BCUT2D eigenvalue weighted by molar-refractivity contribution is 0.683. The van der Waals surface area contributed by atoms with Gasteiger partial charge in [-0.1, -0.05) is 50.1 Å². The minimum Gasteiger partial charge on any atom is -0.370 e. The quantitative estimate of drug-likeness (QED) is 0.408. The molecule has 19 heavy (non-hydrogen) atoms. The second kappa shape index (κ2) is 10.4. The van der Waals surface area contributed by atoms with Gasteiger partial charge < -0.3 is 11.1 Å². The molecule has 0 spiro atoms. The maximum absolute atomic E-state index is 5.76. The molecule has 0 bridgehead atoms. The van der Waals surface area contributed by atoms with Gasteiger partial charge in [-0.2, -0.15) is 0 Å². The van der Waals surface area contributed by atoms with Gasteiger partial charge in [0.05, 0.1) is 0 Å². The first-order valence-electron chi connectivity index (χ1n) is 7.40. The van der Waals surface area contributed by atoms with Gasteiger partial charge in [0.1, 0.15) is 0 Å². The van der Waals surface area contributed by atoms with Crippen molar-refractivity contribution in [3.63, 3.8) is 0 Å². The van der Waals surface area contributed by atoms with E-state index in [9.17, 15) is 0 Å². The van der Waals surface area contributed by atoms with E-state index in [0.717, 1.165) is 32.4 Å². The molecule has 3 heteroatoms. The van der Waals surface area contributed by atoms with Gasteiger partial charge in [-0.05, 0) is 31.2 Å². The van der Waals surface area contributed by atoms with Crippen LogP contribution in [-0.2, 0) is 6.42 Å². The number of aliphatic imine (C=N–C) groups is 1. The zero-order valence-corrected chi connectivity index (χ0v) is 12.1. The van der Waals surface area contributed by atoms with Gasteiger partial charge in [0.25, 0.3) is 0 Å². The molecule has 0 saturated carbocycles. The standard InChI is InChI=1S/C16H27N3/c1-2-3-13-18-16(17)19-14-9-5-8-12-15-10-6-4-7-11-15/h4,6-7,10-11H,2-3,5,8-9,12-14H2,1H3,(H3,17,18,19). The minimum absolute atomic E-state index is 0.594. The Morgan fingerprint density at radius 1 is 1.11 bits per heavy atom. The molecule has 0 amide bonds. The van der Waals surface area contributed by atoms with Crippen LogP contribution < -0.4 is 11.1 Å². The van der Waals surface area contributed by atoms with Crippen LogP contribution in [0.2, 0.25) is 0 Å². The molecule has 3 N–H and O–H groups in total. The van der Waals surface area contributed by atoms with Crippen LogP contribution in [0.4, 0.5) is 0 Å². The van der Waals surface area contributed by atoms with E-state index in [1.54, 1.807) is 0 Å². The van der Waals surface area contributed by atoms with E-state index in [1.165, 1.54) is 24.8 Å². The Labute approximate surface area is 117 Å². The van der Waals surface area contributed by atoms with Crippen molar-refractivity contribution in [1.29, 1.82) is 0 Å². The number of guanidine groups is 1. The summed E-state index contributed by atoms with van der Waals surface area (Å²) < 4.78 is 0. The van der Waals surface area contributed by atoms with Crippen LogP contribution in [0, 0.1) is 0 Å². The third-order valence-electron chi connectivity index (χ3n) is 3.08. The summed E-state index contributed by atoms with van der Waals surface area (Å²) in [6.45, 7) is 3.93. The highest BCUT2D eigenvalue weighted by molar-refractivity contribution is 5.77. The van der Waals surface area contributed by atoms with Crippen molar-refractivity contribution in [2.24, 2.45) is 10.7 Å². The third-order valence-corrected chi connectivity index (χ3v) is 3.08. The van der Waals surface area contributed by atoms with Gasteiger partial charge in [-0.3, -0.25) is 4.99 Å². The van der Waals surface area contributed by atoms with Gasteiger partial charge >= 0.3 is 0 Å². The normalized spacial score (nSPS) is 11.5. The summed E-state index contributed by atoms with van der Waals surface area (Å²) in [5, 5.41) is 3.13. The van der Waals surface area contributed by atoms with Crippen LogP contribution in [0.15, 0.2) is 35.3 Å². The summed E-state index contributed by atoms with van der Waals surface area (Å²) in [5.74, 6) is 0.594. The molecule has 0 saturated heterocycles. The van der Waals surface area contributed by atoms with Crippen molar-refractivity contribution in [1.82, 2.24) is 5.32 Å². The average molecular weight is 261 g/mol. The molecule has 3 nitrogen and oxygen atoms in total. The number of nitrogens with zero attached hydrogens (tertiary/aromatic N) is 1.